The second-order valence-electron chi connectivity index (χ2n) is 4.78. The fraction of sp³-hybridized carbons (Fsp3) is 0.462. The van der Waals surface area contributed by atoms with Crippen molar-refractivity contribution in [2.75, 3.05) is 21.1 Å². The molecule has 0 fully saturated rings. The van der Waals surface area contributed by atoms with Gasteiger partial charge in [-0.25, -0.2) is 0 Å². The highest BCUT2D eigenvalue weighted by Crippen LogP contribution is 2.22. The Bertz CT molecular complexity index is 643. The number of fused-ring (bicyclic) bond motifs is 1. The lowest BCUT2D eigenvalue weighted by Gasteiger charge is -1.92. The lowest BCUT2D eigenvalue weighted by atomic mass is 10.2. The summed E-state index contributed by atoms with van der Waals surface area (Å²) in [5.41, 5.74) is -0.170. The first-order chi connectivity index (χ1) is 9.36. The van der Waals surface area contributed by atoms with E-state index in [9.17, 15) is 14.9 Å². The summed E-state index contributed by atoms with van der Waals surface area (Å²) in [7, 11) is 6.00. The van der Waals surface area contributed by atoms with E-state index in [1.807, 2.05) is 33.0 Å². The second kappa shape index (κ2) is 7.16. The van der Waals surface area contributed by atoms with E-state index in [0.717, 1.165) is 11.1 Å². The number of rotatable bonds is 3. The molecule has 1 aromatic heterocycles. The molecule has 0 spiro atoms. The zero-order valence-corrected chi connectivity index (χ0v) is 12.9. The molecule has 0 N–H and O–H groups in total. The van der Waals surface area contributed by atoms with E-state index < -0.39 is 4.92 Å². The lowest BCUT2D eigenvalue weighted by molar-refractivity contribution is -0.384. The largest absolute Gasteiger partial charge is 0.312 e. The molecule has 2 aromatic rings. The summed E-state index contributed by atoms with van der Waals surface area (Å²) in [4.78, 5) is 23.9. The average Bonchev–Trinajstić information content (AvgIpc) is 2.66. The molecule has 0 bridgehead atoms. The van der Waals surface area contributed by atoms with Crippen molar-refractivity contribution in [2.45, 2.75) is 19.9 Å². The van der Waals surface area contributed by atoms with Gasteiger partial charge in [0.1, 0.15) is 0 Å². The van der Waals surface area contributed by atoms with Gasteiger partial charge in [0, 0.05) is 18.7 Å². The topological polar surface area (TPSA) is 68.4 Å². The molecule has 20 heavy (non-hydrogen) atoms. The number of aryl methyl sites for hydroxylation is 1. The van der Waals surface area contributed by atoms with Gasteiger partial charge in [-0.3, -0.25) is 18.9 Å². The van der Waals surface area contributed by atoms with Gasteiger partial charge in [-0.05, 0) is 33.6 Å². The normalized spacial score (nSPS) is 10.4. The van der Waals surface area contributed by atoms with Crippen LogP contribution in [0.1, 0.15) is 13.3 Å². The summed E-state index contributed by atoms with van der Waals surface area (Å²) in [6.45, 7) is 2.64. The molecular formula is C13H19N3O3S. The maximum atomic E-state index is 11.8. The van der Waals surface area contributed by atoms with Crippen molar-refractivity contribution in [3.63, 3.8) is 0 Å². The molecule has 0 saturated heterocycles. The molecule has 0 amide bonds. The summed E-state index contributed by atoms with van der Waals surface area (Å²) in [6.07, 6.45) is 0.870. The van der Waals surface area contributed by atoms with Crippen molar-refractivity contribution in [3.8, 4) is 0 Å². The quantitative estimate of drug-likeness (QED) is 0.645. The van der Waals surface area contributed by atoms with Crippen LogP contribution in [0.2, 0.25) is 0 Å². The number of hydrogen-bond acceptors (Lipinski definition) is 5. The summed E-state index contributed by atoms with van der Waals surface area (Å²) in [5.74, 6) is 0. The number of nitro benzene ring substituents is 1. The van der Waals surface area contributed by atoms with E-state index in [1.54, 1.807) is 10.0 Å². The van der Waals surface area contributed by atoms with Gasteiger partial charge in [0.2, 0.25) is 0 Å². The molecular weight excluding hydrogens is 278 g/mol. The molecule has 6 nitrogen and oxygen atoms in total. The minimum absolute atomic E-state index is 0.0361. The Balaban J connectivity index is 0.000000444. The first-order valence-electron chi connectivity index (χ1n) is 6.26. The number of nitrogens with zero attached hydrogens (tertiary/aromatic N) is 3. The summed E-state index contributed by atoms with van der Waals surface area (Å²) in [5, 5.41) is 11.0. The van der Waals surface area contributed by atoms with Gasteiger partial charge < -0.3 is 4.90 Å². The third-order valence-electron chi connectivity index (χ3n) is 2.27. The Hall–Kier alpha value is -1.73. The van der Waals surface area contributed by atoms with Crippen molar-refractivity contribution in [2.24, 2.45) is 0 Å². The highest BCUT2D eigenvalue weighted by atomic mass is 32.1. The van der Waals surface area contributed by atoms with Crippen LogP contribution in [0.5, 0.6) is 0 Å². The van der Waals surface area contributed by atoms with Crippen LogP contribution in [0, 0.1) is 10.1 Å². The monoisotopic (exact) mass is 297 g/mol. The van der Waals surface area contributed by atoms with Gasteiger partial charge in [-0.15, -0.1) is 0 Å². The summed E-state index contributed by atoms with van der Waals surface area (Å²) in [6, 6.07) is 4.40. The zero-order valence-electron chi connectivity index (χ0n) is 12.1. The van der Waals surface area contributed by atoms with Crippen molar-refractivity contribution in [3.05, 3.63) is 38.7 Å². The highest BCUT2D eigenvalue weighted by Gasteiger charge is 2.12. The van der Waals surface area contributed by atoms with Crippen LogP contribution in [-0.2, 0) is 6.54 Å². The molecule has 0 saturated carbocycles. The Morgan fingerprint density at radius 3 is 2.45 bits per heavy atom. The first kappa shape index (κ1) is 16.3. The van der Waals surface area contributed by atoms with Gasteiger partial charge in [0.05, 0.1) is 15.0 Å². The third kappa shape index (κ3) is 4.14. The van der Waals surface area contributed by atoms with E-state index in [2.05, 4.69) is 0 Å². The third-order valence-corrected chi connectivity index (χ3v) is 3.39. The first-order valence-corrected chi connectivity index (χ1v) is 7.03. The van der Waals surface area contributed by atoms with Crippen molar-refractivity contribution < 1.29 is 4.92 Å². The van der Waals surface area contributed by atoms with Crippen LogP contribution in [-0.4, -0.2) is 34.9 Å². The number of benzene rings is 1. The van der Waals surface area contributed by atoms with Crippen molar-refractivity contribution >= 4 is 27.3 Å². The van der Waals surface area contributed by atoms with Crippen LogP contribution in [0.3, 0.4) is 0 Å². The Kier molecular flexibility index (Phi) is 5.84. The molecule has 0 aliphatic carbocycles. The minimum Gasteiger partial charge on any atom is -0.312 e. The molecule has 1 heterocycles. The highest BCUT2D eigenvalue weighted by molar-refractivity contribution is 7.13. The molecule has 7 heteroatoms. The minimum atomic E-state index is -0.485. The smallest absolute Gasteiger partial charge is 0.270 e. The molecule has 0 unspecified atom stereocenters. The van der Waals surface area contributed by atoms with Gasteiger partial charge in [-0.2, -0.15) is 0 Å². The number of aromatic nitrogens is 1. The van der Waals surface area contributed by atoms with E-state index in [0.29, 0.717) is 11.9 Å². The number of non-ortho nitro benzene ring substituents is 1. The van der Waals surface area contributed by atoms with Crippen LogP contribution in [0.15, 0.2) is 23.0 Å². The maximum Gasteiger partial charge on any atom is 0.270 e. The molecule has 0 radical (unpaired) electrons. The van der Waals surface area contributed by atoms with Gasteiger partial charge in [0.25, 0.3) is 11.2 Å². The number of hydrogen-bond donors (Lipinski definition) is 0. The van der Waals surface area contributed by atoms with Crippen LogP contribution in [0.4, 0.5) is 5.69 Å². The van der Waals surface area contributed by atoms with Gasteiger partial charge in [-0.1, -0.05) is 18.5 Å². The van der Waals surface area contributed by atoms with E-state index in [4.69, 9.17) is 0 Å². The molecule has 0 atom stereocenters. The SMILES string of the molecule is CCCn1sc2ccc([N+](=O)[O-])cc2c1=O.CN(C)C. The molecule has 1 aromatic carbocycles. The predicted octanol–water partition coefficient (Wildman–Crippen LogP) is 2.56. The van der Waals surface area contributed by atoms with E-state index in [1.165, 1.54) is 23.7 Å². The Morgan fingerprint density at radius 1 is 1.35 bits per heavy atom. The van der Waals surface area contributed by atoms with Gasteiger partial charge >= 0.3 is 0 Å². The predicted molar refractivity (Wildman–Crippen MR) is 82.6 cm³/mol. The fourth-order valence-electron chi connectivity index (χ4n) is 1.52. The fourth-order valence-corrected chi connectivity index (χ4v) is 2.59. The zero-order chi connectivity index (χ0) is 15.3. The van der Waals surface area contributed by atoms with E-state index >= 15 is 0 Å². The van der Waals surface area contributed by atoms with Crippen molar-refractivity contribution in [1.29, 1.82) is 0 Å². The second-order valence-corrected chi connectivity index (χ2v) is 5.84. The molecule has 2 rings (SSSR count). The lowest BCUT2D eigenvalue weighted by Crippen LogP contribution is -2.12. The van der Waals surface area contributed by atoms with Crippen LogP contribution < -0.4 is 5.56 Å². The van der Waals surface area contributed by atoms with Crippen LogP contribution >= 0.6 is 11.5 Å². The Labute approximate surface area is 121 Å². The standard InChI is InChI=1S/C10H10N2O3S.C3H9N/c1-2-5-11-10(13)8-6-7(12(14)15)3-4-9(8)16-11;1-4(2)3/h3-4,6H,2,5H2,1H3;1-3H3. The van der Waals surface area contributed by atoms with E-state index in [-0.39, 0.29) is 11.2 Å². The molecule has 0 aliphatic heterocycles. The average molecular weight is 297 g/mol. The molecule has 0 aliphatic rings. The summed E-state index contributed by atoms with van der Waals surface area (Å²) < 4.78 is 2.43. The molecule has 110 valence electrons. The van der Waals surface area contributed by atoms with Crippen LogP contribution in [0.25, 0.3) is 10.1 Å². The number of nitro groups is 1. The van der Waals surface area contributed by atoms with Gasteiger partial charge in [0.15, 0.2) is 0 Å². The van der Waals surface area contributed by atoms with Crippen molar-refractivity contribution in [1.82, 2.24) is 8.86 Å². The Morgan fingerprint density at radius 2 is 1.95 bits per heavy atom. The summed E-state index contributed by atoms with van der Waals surface area (Å²) >= 11 is 1.35. The maximum absolute atomic E-state index is 11.8.